The van der Waals surface area contributed by atoms with E-state index in [1.165, 1.54) is 22.3 Å². The number of nitrogens with zero attached hydrogens (tertiary/aromatic N) is 2. The number of fused-ring (bicyclic) bond motifs is 7. The molecule has 3 nitrogen and oxygen atoms in total. The Kier molecular flexibility index (Phi) is 6.39. The molecule has 10 rings (SSSR count). The lowest BCUT2D eigenvalue weighted by Crippen LogP contribution is -2.16. The van der Waals surface area contributed by atoms with Crippen LogP contribution in [0.5, 0.6) is 0 Å². The van der Waals surface area contributed by atoms with Gasteiger partial charge in [-0.15, -0.1) is 11.3 Å². The molecule has 9 aromatic rings. The van der Waals surface area contributed by atoms with Crippen LogP contribution in [0.2, 0.25) is 0 Å². The van der Waals surface area contributed by atoms with Crippen LogP contribution >= 0.6 is 11.3 Å². The zero-order valence-corrected chi connectivity index (χ0v) is 28.5. The Hall–Kier alpha value is -5.97. The number of thiazole rings is 1. The maximum Gasteiger partial charge on any atom is 0.143 e. The van der Waals surface area contributed by atoms with Gasteiger partial charge < -0.3 is 9.32 Å². The maximum atomic E-state index is 6.40. The molecule has 2 heterocycles. The molecule has 1 aliphatic carbocycles. The van der Waals surface area contributed by atoms with Crippen molar-refractivity contribution >= 4 is 60.6 Å². The van der Waals surface area contributed by atoms with Gasteiger partial charge in [0, 0.05) is 44.4 Å². The van der Waals surface area contributed by atoms with Gasteiger partial charge in [0.2, 0.25) is 0 Å². The van der Waals surface area contributed by atoms with Crippen molar-refractivity contribution in [2.45, 2.75) is 19.3 Å². The van der Waals surface area contributed by atoms with Crippen LogP contribution in [0.4, 0.5) is 17.1 Å². The summed E-state index contributed by atoms with van der Waals surface area (Å²) in [6.45, 7) is 4.68. The Morgan fingerprint density at radius 3 is 2.10 bits per heavy atom. The summed E-state index contributed by atoms with van der Waals surface area (Å²) in [5, 5.41) is 3.31. The minimum atomic E-state index is -0.102. The van der Waals surface area contributed by atoms with E-state index in [0.29, 0.717) is 0 Å². The standard InChI is InChI=1S/C46H32N2OS/c1-46(2)39-17-8-6-13-35(39)36-25-23-32(27-40(36)46)48(33-24-26-41-43(28-33)50-45(47-41)30-11-4-3-5-12-30)31-21-19-29(20-22-31)34-15-10-16-38-37-14-7-9-18-42(37)49-44(34)38/h3-28H,1-2H3. The van der Waals surface area contributed by atoms with Crippen LogP contribution in [0, 0.1) is 0 Å². The molecule has 7 aromatic carbocycles. The molecule has 0 atom stereocenters. The van der Waals surface area contributed by atoms with E-state index in [9.17, 15) is 0 Å². The van der Waals surface area contributed by atoms with E-state index >= 15 is 0 Å². The summed E-state index contributed by atoms with van der Waals surface area (Å²) in [6, 6.07) is 56.5. The minimum Gasteiger partial charge on any atom is -0.455 e. The quantitative estimate of drug-likeness (QED) is 0.184. The van der Waals surface area contributed by atoms with Crippen molar-refractivity contribution in [3.05, 3.63) is 169 Å². The smallest absolute Gasteiger partial charge is 0.143 e. The van der Waals surface area contributed by atoms with Crippen molar-refractivity contribution in [3.63, 3.8) is 0 Å². The summed E-state index contributed by atoms with van der Waals surface area (Å²) in [4.78, 5) is 7.38. The van der Waals surface area contributed by atoms with E-state index in [1.807, 2.05) is 18.2 Å². The Labute approximate surface area is 294 Å². The molecule has 50 heavy (non-hydrogen) atoms. The summed E-state index contributed by atoms with van der Waals surface area (Å²) in [5.74, 6) is 0. The number of furan rings is 1. The molecule has 4 heteroatoms. The Balaban J connectivity index is 1.11. The molecule has 0 radical (unpaired) electrons. The van der Waals surface area contributed by atoms with Crippen LogP contribution in [-0.2, 0) is 5.41 Å². The Morgan fingerprint density at radius 1 is 0.540 bits per heavy atom. The molecule has 0 spiro atoms. The lowest BCUT2D eigenvalue weighted by molar-refractivity contribution is 0.660. The summed E-state index contributed by atoms with van der Waals surface area (Å²) in [6.07, 6.45) is 0. The number of hydrogen-bond acceptors (Lipinski definition) is 4. The summed E-state index contributed by atoms with van der Waals surface area (Å²) in [5.41, 5.74) is 14.8. The van der Waals surface area contributed by atoms with Gasteiger partial charge in [0.25, 0.3) is 0 Å². The zero-order chi connectivity index (χ0) is 33.4. The third-order valence-corrected chi connectivity index (χ3v) is 11.4. The van der Waals surface area contributed by atoms with Crippen molar-refractivity contribution in [2.75, 3.05) is 4.90 Å². The van der Waals surface area contributed by atoms with Gasteiger partial charge in [-0.2, -0.15) is 0 Å². The highest BCUT2D eigenvalue weighted by Crippen LogP contribution is 2.51. The van der Waals surface area contributed by atoms with Gasteiger partial charge in [-0.05, 0) is 76.3 Å². The van der Waals surface area contributed by atoms with Crippen LogP contribution in [0.25, 0.3) is 65.0 Å². The molecule has 1 aliphatic rings. The fraction of sp³-hybridized carbons (Fsp3) is 0.0652. The first-order valence-corrected chi connectivity index (χ1v) is 17.9. The molecule has 0 fully saturated rings. The highest BCUT2D eigenvalue weighted by Gasteiger charge is 2.35. The molecule has 0 amide bonds. The highest BCUT2D eigenvalue weighted by atomic mass is 32.1. The van der Waals surface area contributed by atoms with Gasteiger partial charge in [0.05, 0.1) is 10.2 Å². The molecular weight excluding hydrogens is 629 g/mol. The van der Waals surface area contributed by atoms with Gasteiger partial charge in [-0.3, -0.25) is 0 Å². The molecular formula is C46H32N2OS. The topological polar surface area (TPSA) is 29.3 Å². The first-order valence-electron chi connectivity index (χ1n) is 17.0. The van der Waals surface area contributed by atoms with Crippen molar-refractivity contribution in [1.82, 2.24) is 4.98 Å². The fourth-order valence-corrected chi connectivity index (χ4v) is 8.80. The largest absolute Gasteiger partial charge is 0.455 e. The third-order valence-electron chi connectivity index (χ3n) is 10.3. The summed E-state index contributed by atoms with van der Waals surface area (Å²) in [7, 11) is 0. The van der Waals surface area contributed by atoms with Gasteiger partial charge in [0.15, 0.2) is 0 Å². The van der Waals surface area contributed by atoms with E-state index in [0.717, 1.165) is 70.9 Å². The molecule has 0 N–H and O–H groups in total. The minimum absolute atomic E-state index is 0.102. The number of para-hydroxylation sites is 2. The van der Waals surface area contributed by atoms with Gasteiger partial charge in [0.1, 0.15) is 16.2 Å². The van der Waals surface area contributed by atoms with E-state index in [-0.39, 0.29) is 5.41 Å². The predicted molar refractivity (Wildman–Crippen MR) is 210 cm³/mol. The SMILES string of the molecule is CC1(C)c2ccccc2-c2ccc(N(c3ccc(-c4cccc5c4oc4ccccc45)cc3)c3ccc4nc(-c5ccccc5)sc4c3)cc21. The van der Waals surface area contributed by atoms with Crippen LogP contribution in [0.3, 0.4) is 0 Å². The molecule has 0 saturated heterocycles. The van der Waals surface area contributed by atoms with Gasteiger partial charge in [-0.1, -0.05) is 123 Å². The normalized spacial score (nSPS) is 13.2. The molecule has 238 valence electrons. The Bertz CT molecular complexity index is 2740. The van der Waals surface area contributed by atoms with Crippen molar-refractivity contribution in [1.29, 1.82) is 0 Å². The third kappa shape index (κ3) is 4.45. The number of anilines is 3. The zero-order valence-electron chi connectivity index (χ0n) is 27.7. The molecule has 0 unspecified atom stereocenters. The maximum absolute atomic E-state index is 6.40. The van der Waals surface area contributed by atoms with Gasteiger partial charge in [-0.25, -0.2) is 4.98 Å². The van der Waals surface area contributed by atoms with Crippen molar-refractivity contribution < 1.29 is 4.42 Å². The fourth-order valence-electron chi connectivity index (χ4n) is 7.80. The Morgan fingerprint density at radius 2 is 1.22 bits per heavy atom. The summed E-state index contributed by atoms with van der Waals surface area (Å²) < 4.78 is 7.56. The number of aromatic nitrogens is 1. The molecule has 0 saturated carbocycles. The van der Waals surface area contributed by atoms with E-state index in [1.54, 1.807) is 11.3 Å². The highest BCUT2D eigenvalue weighted by molar-refractivity contribution is 7.21. The lowest BCUT2D eigenvalue weighted by Gasteiger charge is -2.28. The van der Waals surface area contributed by atoms with E-state index in [4.69, 9.17) is 9.40 Å². The first-order chi connectivity index (χ1) is 24.5. The first kappa shape index (κ1) is 29.0. The molecule has 0 aliphatic heterocycles. The van der Waals surface area contributed by atoms with Crippen molar-refractivity contribution in [3.8, 4) is 32.8 Å². The van der Waals surface area contributed by atoms with E-state index in [2.05, 4.69) is 158 Å². The second-order valence-electron chi connectivity index (χ2n) is 13.6. The van der Waals surface area contributed by atoms with E-state index < -0.39 is 0 Å². The number of rotatable bonds is 5. The van der Waals surface area contributed by atoms with Crippen LogP contribution in [0.1, 0.15) is 25.0 Å². The second-order valence-corrected chi connectivity index (χ2v) is 14.6. The molecule has 2 aromatic heterocycles. The van der Waals surface area contributed by atoms with Crippen LogP contribution < -0.4 is 4.90 Å². The molecule has 0 bridgehead atoms. The van der Waals surface area contributed by atoms with Crippen LogP contribution in [0.15, 0.2) is 162 Å². The monoisotopic (exact) mass is 660 g/mol. The predicted octanol–water partition coefficient (Wildman–Crippen LogP) is 13.3. The lowest BCUT2D eigenvalue weighted by atomic mass is 9.82. The average Bonchev–Trinajstić information content (AvgIpc) is 3.83. The number of benzene rings is 7. The van der Waals surface area contributed by atoms with Crippen molar-refractivity contribution in [2.24, 2.45) is 0 Å². The summed E-state index contributed by atoms with van der Waals surface area (Å²) >= 11 is 1.74. The number of hydrogen-bond donors (Lipinski definition) is 0. The second kappa shape index (κ2) is 11.0. The van der Waals surface area contributed by atoms with Crippen LogP contribution in [-0.4, -0.2) is 4.98 Å². The average molecular weight is 661 g/mol. The van der Waals surface area contributed by atoms with Gasteiger partial charge >= 0.3 is 0 Å².